The number of benzene rings is 1. The molecule has 0 radical (unpaired) electrons. The standard InChI is InChI=1S/C11H16N2O3/c1-15-9-4-3-8(7-10(9)16-2)13-11(14)5-6-12/h3-4,7H,5-6,12H2,1-2H3,(H,13,14). The van der Waals surface area contributed by atoms with Crippen LogP contribution in [0, 0.1) is 0 Å². The summed E-state index contributed by atoms with van der Waals surface area (Å²) in [5.41, 5.74) is 5.94. The molecule has 88 valence electrons. The molecule has 0 aromatic heterocycles. The van der Waals surface area contributed by atoms with E-state index >= 15 is 0 Å². The molecule has 5 heteroatoms. The maximum absolute atomic E-state index is 11.3. The van der Waals surface area contributed by atoms with Crippen LogP contribution in [-0.2, 0) is 4.79 Å². The van der Waals surface area contributed by atoms with Crippen molar-refractivity contribution in [1.82, 2.24) is 0 Å². The first-order valence-electron chi connectivity index (χ1n) is 4.93. The highest BCUT2D eigenvalue weighted by molar-refractivity contribution is 5.91. The van der Waals surface area contributed by atoms with E-state index in [0.717, 1.165) is 0 Å². The molecular weight excluding hydrogens is 208 g/mol. The molecule has 3 N–H and O–H groups in total. The maximum atomic E-state index is 11.3. The van der Waals surface area contributed by atoms with Crippen molar-refractivity contribution in [2.24, 2.45) is 5.73 Å². The average Bonchev–Trinajstić information content (AvgIpc) is 2.29. The maximum Gasteiger partial charge on any atom is 0.225 e. The van der Waals surface area contributed by atoms with E-state index in [9.17, 15) is 4.79 Å². The summed E-state index contributed by atoms with van der Waals surface area (Å²) in [5, 5.41) is 2.71. The molecule has 1 aromatic rings. The molecule has 0 saturated heterocycles. The molecule has 16 heavy (non-hydrogen) atoms. The van der Waals surface area contributed by atoms with Gasteiger partial charge in [0.05, 0.1) is 14.2 Å². The van der Waals surface area contributed by atoms with Gasteiger partial charge in [-0.2, -0.15) is 0 Å². The summed E-state index contributed by atoms with van der Waals surface area (Å²) in [4.78, 5) is 11.3. The molecule has 0 fully saturated rings. The second-order valence-corrected chi connectivity index (χ2v) is 3.16. The molecule has 0 aliphatic carbocycles. The molecule has 0 bridgehead atoms. The minimum absolute atomic E-state index is 0.116. The van der Waals surface area contributed by atoms with Crippen LogP contribution in [0.15, 0.2) is 18.2 Å². The number of amides is 1. The van der Waals surface area contributed by atoms with Crippen molar-refractivity contribution in [2.75, 3.05) is 26.1 Å². The molecule has 0 unspecified atom stereocenters. The average molecular weight is 224 g/mol. The number of hydrogen-bond donors (Lipinski definition) is 2. The van der Waals surface area contributed by atoms with Gasteiger partial charge >= 0.3 is 0 Å². The molecule has 0 heterocycles. The lowest BCUT2D eigenvalue weighted by atomic mass is 10.2. The third-order valence-corrected chi connectivity index (χ3v) is 2.04. The molecule has 1 amide bonds. The van der Waals surface area contributed by atoms with Crippen LogP contribution < -0.4 is 20.5 Å². The Morgan fingerprint density at radius 2 is 2.00 bits per heavy atom. The third kappa shape index (κ3) is 3.13. The van der Waals surface area contributed by atoms with Crippen LogP contribution >= 0.6 is 0 Å². The number of carbonyl (C=O) groups is 1. The van der Waals surface area contributed by atoms with E-state index in [0.29, 0.717) is 30.2 Å². The van der Waals surface area contributed by atoms with Gasteiger partial charge in [-0.3, -0.25) is 4.79 Å². The molecule has 0 aliphatic heterocycles. The van der Waals surface area contributed by atoms with Gasteiger partial charge < -0.3 is 20.5 Å². The van der Waals surface area contributed by atoms with Crippen LogP contribution in [0.25, 0.3) is 0 Å². The van der Waals surface area contributed by atoms with Crippen molar-refractivity contribution in [3.05, 3.63) is 18.2 Å². The SMILES string of the molecule is COc1ccc(NC(=O)CCN)cc1OC. The van der Waals surface area contributed by atoms with Crippen LogP contribution in [0.3, 0.4) is 0 Å². The van der Waals surface area contributed by atoms with E-state index in [2.05, 4.69) is 5.32 Å². The highest BCUT2D eigenvalue weighted by atomic mass is 16.5. The number of carbonyl (C=O) groups excluding carboxylic acids is 1. The van der Waals surface area contributed by atoms with Crippen LogP contribution in [-0.4, -0.2) is 26.7 Å². The topological polar surface area (TPSA) is 73.6 Å². The normalized spacial score (nSPS) is 9.69. The van der Waals surface area contributed by atoms with Crippen LogP contribution in [0.2, 0.25) is 0 Å². The molecule has 0 atom stereocenters. The summed E-state index contributed by atoms with van der Waals surface area (Å²) in [6.07, 6.45) is 0.300. The first-order valence-corrected chi connectivity index (χ1v) is 4.93. The highest BCUT2D eigenvalue weighted by Gasteiger charge is 2.06. The lowest BCUT2D eigenvalue weighted by Crippen LogP contribution is -2.16. The van der Waals surface area contributed by atoms with Crippen LogP contribution in [0.1, 0.15) is 6.42 Å². The first-order chi connectivity index (χ1) is 7.71. The fourth-order valence-electron chi connectivity index (χ4n) is 1.27. The molecule has 1 rings (SSSR count). The quantitative estimate of drug-likeness (QED) is 0.782. The van der Waals surface area contributed by atoms with Gasteiger partial charge in [-0.25, -0.2) is 0 Å². The second-order valence-electron chi connectivity index (χ2n) is 3.16. The molecule has 0 aliphatic rings. The molecule has 1 aromatic carbocycles. The van der Waals surface area contributed by atoms with Crippen LogP contribution in [0.4, 0.5) is 5.69 Å². The Balaban J connectivity index is 2.78. The molecule has 0 saturated carbocycles. The predicted octanol–water partition coefficient (Wildman–Crippen LogP) is 0.991. The number of nitrogens with two attached hydrogens (primary N) is 1. The zero-order valence-electron chi connectivity index (χ0n) is 9.45. The minimum atomic E-state index is -0.116. The Kier molecular flexibility index (Phi) is 4.60. The number of methoxy groups -OCH3 is 2. The monoisotopic (exact) mass is 224 g/mol. The number of hydrogen-bond acceptors (Lipinski definition) is 4. The third-order valence-electron chi connectivity index (χ3n) is 2.04. The van der Waals surface area contributed by atoms with Crippen molar-refractivity contribution in [3.63, 3.8) is 0 Å². The lowest BCUT2D eigenvalue weighted by Gasteiger charge is -2.10. The van der Waals surface area contributed by atoms with Crippen molar-refractivity contribution in [2.45, 2.75) is 6.42 Å². The zero-order valence-corrected chi connectivity index (χ0v) is 9.45. The summed E-state index contributed by atoms with van der Waals surface area (Å²) in [7, 11) is 3.11. The van der Waals surface area contributed by atoms with Gasteiger partial charge in [-0.05, 0) is 12.1 Å². The van der Waals surface area contributed by atoms with Crippen molar-refractivity contribution >= 4 is 11.6 Å². The van der Waals surface area contributed by atoms with E-state index in [1.54, 1.807) is 32.4 Å². The minimum Gasteiger partial charge on any atom is -0.493 e. The lowest BCUT2D eigenvalue weighted by molar-refractivity contribution is -0.116. The smallest absolute Gasteiger partial charge is 0.225 e. The predicted molar refractivity (Wildman–Crippen MR) is 61.8 cm³/mol. The van der Waals surface area contributed by atoms with Gasteiger partial charge in [0, 0.05) is 24.7 Å². The van der Waals surface area contributed by atoms with Crippen molar-refractivity contribution < 1.29 is 14.3 Å². The number of rotatable bonds is 5. The summed E-state index contributed by atoms with van der Waals surface area (Å²) in [5.74, 6) is 1.09. The number of anilines is 1. The summed E-state index contributed by atoms with van der Waals surface area (Å²) in [6.45, 7) is 0.332. The molecule has 0 spiro atoms. The highest BCUT2D eigenvalue weighted by Crippen LogP contribution is 2.29. The van der Waals surface area contributed by atoms with E-state index in [-0.39, 0.29) is 5.91 Å². The van der Waals surface area contributed by atoms with E-state index in [4.69, 9.17) is 15.2 Å². The van der Waals surface area contributed by atoms with Crippen molar-refractivity contribution in [1.29, 1.82) is 0 Å². The summed E-state index contributed by atoms with van der Waals surface area (Å²) >= 11 is 0. The van der Waals surface area contributed by atoms with E-state index in [1.807, 2.05) is 0 Å². The Morgan fingerprint density at radius 1 is 1.31 bits per heavy atom. The van der Waals surface area contributed by atoms with Crippen LogP contribution in [0.5, 0.6) is 11.5 Å². The van der Waals surface area contributed by atoms with Gasteiger partial charge in [0.25, 0.3) is 0 Å². The Labute approximate surface area is 94.5 Å². The van der Waals surface area contributed by atoms with Gasteiger partial charge in [0.1, 0.15) is 0 Å². The molecule has 5 nitrogen and oxygen atoms in total. The fourth-order valence-corrected chi connectivity index (χ4v) is 1.27. The van der Waals surface area contributed by atoms with Gasteiger partial charge in [-0.15, -0.1) is 0 Å². The van der Waals surface area contributed by atoms with Gasteiger partial charge in [0.15, 0.2) is 11.5 Å². The Hall–Kier alpha value is -1.75. The Morgan fingerprint density at radius 3 is 2.56 bits per heavy atom. The molecular formula is C11H16N2O3. The van der Waals surface area contributed by atoms with E-state index < -0.39 is 0 Å². The zero-order chi connectivity index (χ0) is 12.0. The summed E-state index contributed by atoms with van der Waals surface area (Å²) < 4.78 is 10.2. The summed E-state index contributed by atoms with van der Waals surface area (Å²) in [6, 6.07) is 5.18. The Bertz CT molecular complexity index is 366. The van der Waals surface area contributed by atoms with Gasteiger partial charge in [-0.1, -0.05) is 0 Å². The fraction of sp³-hybridized carbons (Fsp3) is 0.364. The van der Waals surface area contributed by atoms with E-state index in [1.165, 1.54) is 0 Å². The largest absolute Gasteiger partial charge is 0.493 e. The number of ether oxygens (including phenoxy) is 2. The van der Waals surface area contributed by atoms with Crippen molar-refractivity contribution in [3.8, 4) is 11.5 Å². The second kappa shape index (κ2) is 5.97. The van der Waals surface area contributed by atoms with Gasteiger partial charge in [0.2, 0.25) is 5.91 Å². The number of nitrogens with one attached hydrogen (secondary N) is 1. The first kappa shape index (κ1) is 12.3.